The molecule has 0 bridgehead atoms. The fourth-order valence-electron chi connectivity index (χ4n) is 2.40. The van der Waals surface area contributed by atoms with Gasteiger partial charge in [-0.05, 0) is 51.5 Å². The molecule has 1 aliphatic heterocycles. The number of hydrogen-bond acceptors (Lipinski definition) is 3. The Kier molecular flexibility index (Phi) is 3.46. The van der Waals surface area contributed by atoms with Crippen LogP contribution < -0.4 is 15.0 Å². The summed E-state index contributed by atoms with van der Waals surface area (Å²) in [5.41, 5.74) is 0.747. The molecular formula is C15H20N2O3. The fourth-order valence-corrected chi connectivity index (χ4v) is 2.40. The highest BCUT2D eigenvalue weighted by molar-refractivity contribution is 6.10. The Balaban J connectivity index is 2.48. The molecular weight excluding hydrogens is 256 g/mol. The van der Waals surface area contributed by atoms with Gasteiger partial charge >= 0.3 is 0 Å². The summed E-state index contributed by atoms with van der Waals surface area (Å²) in [7, 11) is 1.60. The molecule has 0 spiro atoms. The van der Waals surface area contributed by atoms with Crippen LogP contribution in [0, 0.1) is 6.92 Å². The molecule has 1 aromatic carbocycles. The van der Waals surface area contributed by atoms with Crippen molar-refractivity contribution in [1.82, 2.24) is 5.32 Å². The SMILES string of the molecule is COc1ccc(N2C(=O)C(C)(C)NC(=O)C2C)c(C)c1. The van der Waals surface area contributed by atoms with E-state index in [9.17, 15) is 9.59 Å². The number of piperazine rings is 1. The average Bonchev–Trinajstić information content (AvgIpc) is 2.38. The molecule has 0 aromatic heterocycles. The number of carbonyl (C=O) groups excluding carboxylic acids is 2. The lowest BCUT2D eigenvalue weighted by Crippen LogP contribution is -2.67. The van der Waals surface area contributed by atoms with E-state index >= 15 is 0 Å². The molecule has 0 saturated carbocycles. The average molecular weight is 276 g/mol. The number of aryl methyl sites for hydroxylation is 1. The second-order valence-corrected chi connectivity index (χ2v) is 5.62. The molecule has 108 valence electrons. The van der Waals surface area contributed by atoms with E-state index in [-0.39, 0.29) is 11.8 Å². The minimum atomic E-state index is -0.893. The maximum atomic E-state index is 12.6. The van der Waals surface area contributed by atoms with Crippen LogP contribution in [0.3, 0.4) is 0 Å². The van der Waals surface area contributed by atoms with Crippen molar-refractivity contribution in [2.45, 2.75) is 39.3 Å². The van der Waals surface area contributed by atoms with Crippen molar-refractivity contribution < 1.29 is 14.3 Å². The maximum Gasteiger partial charge on any atom is 0.252 e. The number of methoxy groups -OCH3 is 1. The van der Waals surface area contributed by atoms with Crippen LogP contribution in [-0.4, -0.2) is 30.5 Å². The van der Waals surface area contributed by atoms with Crippen molar-refractivity contribution >= 4 is 17.5 Å². The van der Waals surface area contributed by atoms with Crippen LogP contribution in [0.1, 0.15) is 26.3 Å². The molecule has 5 nitrogen and oxygen atoms in total. The predicted octanol–water partition coefficient (Wildman–Crippen LogP) is 1.63. The monoisotopic (exact) mass is 276 g/mol. The van der Waals surface area contributed by atoms with Gasteiger partial charge in [0, 0.05) is 5.69 Å². The number of ether oxygens (including phenoxy) is 1. The van der Waals surface area contributed by atoms with Gasteiger partial charge in [0.2, 0.25) is 5.91 Å². The van der Waals surface area contributed by atoms with Crippen LogP contribution in [0.4, 0.5) is 5.69 Å². The zero-order chi connectivity index (χ0) is 15.1. The van der Waals surface area contributed by atoms with Gasteiger partial charge in [-0.2, -0.15) is 0 Å². The lowest BCUT2D eigenvalue weighted by molar-refractivity contribution is -0.136. The van der Waals surface area contributed by atoms with Crippen LogP contribution in [-0.2, 0) is 9.59 Å². The number of rotatable bonds is 2. The molecule has 1 N–H and O–H groups in total. The highest BCUT2D eigenvalue weighted by Crippen LogP contribution is 2.30. The van der Waals surface area contributed by atoms with Crippen molar-refractivity contribution in [2.24, 2.45) is 0 Å². The fraction of sp³-hybridized carbons (Fsp3) is 0.467. The van der Waals surface area contributed by atoms with Crippen LogP contribution in [0.2, 0.25) is 0 Å². The smallest absolute Gasteiger partial charge is 0.252 e. The molecule has 1 unspecified atom stereocenters. The molecule has 5 heteroatoms. The Morgan fingerprint density at radius 1 is 1.30 bits per heavy atom. The third-order valence-corrected chi connectivity index (χ3v) is 3.62. The highest BCUT2D eigenvalue weighted by Gasteiger charge is 2.44. The Morgan fingerprint density at radius 3 is 2.50 bits per heavy atom. The van der Waals surface area contributed by atoms with Gasteiger partial charge in [0.25, 0.3) is 5.91 Å². The molecule has 1 aromatic rings. The number of anilines is 1. The zero-order valence-electron chi connectivity index (χ0n) is 12.5. The van der Waals surface area contributed by atoms with Gasteiger partial charge < -0.3 is 10.1 Å². The molecule has 1 atom stereocenters. The van der Waals surface area contributed by atoms with Crippen LogP contribution in [0.5, 0.6) is 5.75 Å². The normalized spacial score (nSPS) is 21.6. The van der Waals surface area contributed by atoms with E-state index in [4.69, 9.17) is 4.74 Å². The van der Waals surface area contributed by atoms with Crippen molar-refractivity contribution in [3.05, 3.63) is 23.8 Å². The number of benzene rings is 1. The number of nitrogens with one attached hydrogen (secondary N) is 1. The summed E-state index contributed by atoms with van der Waals surface area (Å²) in [5.74, 6) is 0.467. The Morgan fingerprint density at radius 2 is 1.95 bits per heavy atom. The molecule has 0 aliphatic carbocycles. The van der Waals surface area contributed by atoms with E-state index in [0.29, 0.717) is 0 Å². The van der Waals surface area contributed by atoms with Gasteiger partial charge in [-0.1, -0.05) is 0 Å². The molecule has 0 radical (unpaired) electrons. The topological polar surface area (TPSA) is 58.6 Å². The lowest BCUT2D eigenvalue weighted by Gasteiger charge is -2.42. The minimum Gasteiger partial charge on any atom is -0.497 e. The molecule has 2 rings (SSSR count). The Bertz CT molecular complexity index is 566. The van der Waals surface area contributed by atoms with Crippen molar-refractivity contribution in [3.63, 3.8) is 0 Å². The molecule has 1 aliphatic rings. The summed E-state index contributed by atoms with van der Waals surface area (Å²) in [6.45, 7) is 7.06. The van der Waals surface area contributed by atoms with Gasteiger partial charge in [0.15, 0.2) is 0 Å². The highest BCUT2D eigenvalue weighted by atomic mass is 16.5. The first-order valence-corrected chi connectivity index (χ1v) is 6.58. The number of amides is 2. The third-order valence-electron chi connectivity index (χ3n) is 3.62. The first-order chi connectivity index (χ1) is 9.27. The van der Waals surface area contributed by atoms with Crippen molar-refractivity contribution in [1.29, 1.82) is 0 Å². The van der Waals surface area contributed by atoms with Gasteiger partial charge in [-0.3, -0.25) is 14.5 Å². The van der Waals surface area contributed by atoms with E-state index in [1.807, 2.05) is 19.1 Å². The van der Waals surface area contributed by atoms with E-state index in [1.165, 1.54) is 0 Å². The van der Waals surface area contributed by atoms with E-state index in [0.717, 1.165) is 17.0 Å². The standard InChI is InChI=1S/C15H20N2O3/c1-9-8-11(20-5)6-7-12(9)17-10(2)13(18)16-15(3,4)14(17)19/h6-8,10H,1-5H3,(H,16,18). The number of carbonyl (C=O) groups is 2. The van der Waals surface area contributed by atoms with Crippen LogP contribution in [0.25, 0.3) is 0 Å². The van der Waals surface area contributed by atoms with Gasteiger partial charge in [-0.25, -0.2) is 0 Å². The number of hydrogen-bond donors (Lipinski definition) is 1. The van der Waals surface area contributed by atoms with Crippen LogP contribution in [0.15, 0.2) is 18.2 Å². The summed E-state index contributed by atoms with van der Waals surface area (Å²) >= 11 is 0. The number of nitrogens with zero attached hydrogens (tertiary/aromatic N) is 1. The minimum absolute atomic E-state index is 0.113. The third kappa shape index (κ3) is 2.24. The van der Waals surface area contributed by atoms with Crippen LogP contribution >= 0.6 is 0 Å². The molecule has 20 heavy (non-hydrogen) atoms. The van der Waals surface area contributed by atoms with Gasteiger partial charge in [0.1, 0.15) is 17.3 Å². The summed E-state index contributed by atoms with van der Waals surface area (Å²) in [4.78, 5) is 26.2. The summed E-state index contributed by atoms with van der Waals surface area (Å²) in [6, 6.07) is 4.94. The molecule has 1 heterocycles. The Hall–Kier alpha value is -2.04. The van der Waals surface area contributed by atoms with E-state index in [1.54, 1.807) is 38.8 Å². The maximum absolute atomic E-state index is 12.6. The summed E-state index contributed by atoms with van der Waals surface area (Å²) in [6.07, 6.45) is 0. The quantitative estimate of drug-likeness (QED) is 0.893. The summed E-state index contributed by atoms with van der Waals surface area (Å²) in [5, 5.41) is 2.74. The van der Waals surface area contributed by atoms with E-state index in [2.05, 4.69) is 5.32 Å². The Labute approximate surface area is 118 Å². The lowest BCUT2D eigenvalue weighted by atomic mass is 9.96. The largest absolute Gasteiger partial charge is 0.497 e. The van der Waals surface area contributed by atoms with Crippen molar-refractivity contribution in [3.8, 4) is 5.75 Å². The first-order valence-electron chi connectivity index (χ1n) is 6.58. The van der Waals surface area contributed by atoms with Crippen molar-refractivity contribution in [2.75, 3.05) is 12.0 Å². The predicted molar refractivity (Wildman–Crippen MR) is 76.9 cm³/mol. The summed E-state index contributed by atoms with van der Waals surface area (Å²) < 4.78 is 5.17. The molecule has 2 amide bonds. The van der Waals surface area contributed by atoms with Gasteiger partial charge in [0.05, 0.1) is 7.11 Å². The van der Waals surface area contributed by atoms with Gasteiger partial charge in [-0.15, -0.1) is 0 Å². The van der Waals surface area contributed by atoms with E-state index < -0.39 is 11.6 Å². The zero-order valence-corrected chi connectivity index (χ0v) is 12.5. The second-order valence-electron chi connectivity index (χ2n) is 5.62. The first kappa shape index (κ1) is 14.4. The molecule has 1 saturated heterocycles. The second kappa shape index (κ2) is 4.81. The molecule has 1 fully saturated rings.